The molecule has 1 rings (SSSR count). The summed E-state index contributed by atoms with van der Waals surface area (Å²) >= 11 is 0. The van der Waals surface area contributed by atoms with Gasteiger partial charge in [0, 0.05) is 12.8 Å². The topological polar surface area (TPSA) is 150 Å². The molecule has 1 aromatic rings. The normalized spacial score (nSPS) is 13.9. The molecule has 11 heteroatoms. The Morgan fingerprint density at radius 2 is 1.47 bits per heavy atom. The minimum Gasteiger partial charge on any atom is -0.468 e. The zero-order valence-corrected chi connectivity index (χ0v) is 23.2. The highest BCUT2D eigenvalue weighted by molar-refractivity contribution is 5.81. The minimum atomic E-state index is -1.58. The van der Waals surface area contributed by atoms with Crippen molar-refractivity contribution in [3.8, 4) is 11.5 Å². The van der Waals surface area contributed by atoms with Crippen molar-refractivity contribution in [3.63, 3.8) is 0 Å². The van der Waals surface area contributed by atoms with Crippen LogP contribution >= 0.6 is 0 Å². The predicted molar refractivity (Wildman–Crippen MR) is 138 cm³/mol. The van der Waals surface area contributed by atoms with Gasteiger partial charge in [-0.1, -0.05) is 40.2 Å². The Hall–Kier alpha value is -3.34. The summed E-state index contributed by atoms with van der Waals surface area (Å²) in [6.45, 7) is 9.34. The molecule has 0 fully saturated rings. The van der Waals surface area contributed by atoms with Crippen LogP contribution in [0, 0.1) is 5.92 Å². The zero-order chi connectivity index (χ0) is 28.7. The van der Waals surface area contributed by atoms with Crippen LogP contribution in [0.2, 0.25) is 0 Å². The van der Waals surface area contributed by atoms with Crippen LogP contribution in [-0.4, -0.2) is 56.2 Å². The molecule has 0 aliphatic rings. The number of carbonyl (C=O) groups excluding carboxylic acids is 4. The van der Waals surface area contributed by atoms with Gasteiger partial charge in [-0.15, -0.1) is 0 Å². The van der Waals surface area contributed by atoms with Gasteiger partial charge < -0.3 is 34.2 Å². The van der Waals surface area contributed by atoms with E-state index < -0.39 is 29.9 Å². The van der Waals surface area contributed by atoms with E-state index in [1.54, 1.807) is 19.9 Å². The fourth-order valence-electron chi connectivity index (χ4n) is 3.65. The van der Waals surface area contributed by atoms with Crippen molar-refractivity contribution in [2.45, 2.75) is 84.8 Å². The van der Waals surface area contributed by atoms with Crippen molar-refractivity contribution >= 4 is 24.2 Å². The molecule has 0 aromatic heterocycles. The molecule has 2 N–H and O–H groups in total. The summed E-state index contributed by atoms with van der Waals surface area (Å²) in [7, 11) is 1.21. The van der Waals surface area contributed by atoms with Crippen molar-refractivity contribution < 1.29 is 47.6 Å². The first-order valence-corrected chi connectivity index (χ1v) is 12.9. The highest BCUT2D eigenvalue weighted by Crippen LogP contribution is 2.32. The Kier molecular flexibility index (Phi) is 14.2. The summed E-state index contributed by atoms with van der Waals surface area (Å²) in [4.78, 5) is 49.2. The maximum atomic E-state index is 12.7. The van der Waals surface area contributed by atoms with Gasteiger partial charge >= 0.3 is 24.2 Å². The SMILES string of the molecule is CCCOC(=O)Oc1ccc(C[C@](N)(CC(C)OC(=O)C(C)CCC)C(=O)OC)cc1OC(=O)OCCC. The molecule has 0 aliphatic heterocycles. The maximum absolute atomic E-state index is 12.7. The van der Waals surface area contributed by atoms with Gasteiger partial charge in [0.2, 0.25) is 0 Å². The molecule has 2 unspecified atom stereocenters. The van der Waals surface area contributed by atoms with E-state index in [1.807, 2.05) is 20.8 Å². The second-order valence-electron chi connectivity index (χ2n) is 9.15. The lowest BCUT2D eigenvalue weighted by Crippen LogP contribution is -2.53. The number of rotatable bonds is 15. The summed E-state index contributed by atoms with van der Waals surface area (Å²) < 4.78 is 30.8. The van der Waals surface area contributed by atoms with Gasteiger partial charge in [-0.2, -0.15) is 0 Å². The van der Waals surface area contributed by atoms with Gasteiger partial charge in [0.1, 0.15) is 11.6 Å². The number of carbonyl (C=O) groups is 4. The van der Waals surface area contributed by atoms with E-state index >= 15 is 0 Å². The predicted octanol–water partition coefficient (Wildman–Crippen LogP) is 4.71. The number of hydrogen-bond acceptors (Lipinski definition) is 11. The van der Waals surface area contributed by atoms with Crippen LogP contribution < -0.4 is 15.2 Å². The van der Waals surface area contributed by atoms with Gasteiger partial charge in [-0.3, -0.25) is 9.59 Å². The van der Waals surface area contributed by atoms with Crippen LogP contribution in [0.25, 0.3) is 0 Å². The molecule has 0 spiro atoms. The average molecular weight is 540 g/mol. The Balaban J connectivity index is 3.19. The number of esters is 2. The van der Waals surface area contributed by atoms with E-state index in [4.69, 9.17) is 34.2 Å². The first kappa shape index (κ1) is 32.7. The molecular weight excluding hydrogens is 498 g/mol. The molecule has 0 bridgehead atoms. The highest BCUT2D eigenvalue weighted by Gasteiger charge is 2.38. The van der Waals surface area contributed by atoms with Crippen LogP contribution in [0.4, 0.5) is 9.59 Å². The summed E-state index contributed by atoms with van der Waals surface area (Å²) in [5, 5.41) is 0. The van der Waals surface area contributed by atoms with E-state index in [1.165, 1.54) is 19.2 Å². The summed E-state index contributed by atoms with van der Waals surface area (Å²) in [6, 6.07) is 4.34. The van der Waals surface area contributed by atoms with E-state index in [2.05, 4.69) is 0 Å². The Morgan fingerprint density at radius 1 is 0.895 bits per heavy atom. The standard InChI is InChI=1S/C27H41NO10/c1-7-10-18(4)23(29)36-19(5)16-27(28,24(30)33-6)17-20-11-12-21(37-25(31)34-13-8-2)22(15-20)38-26(32)35-14-9-3/h11-12,15,18-19H,7-10,13-14,16-17,28H2,1-6H3/t18?,19?,27-/m1/s1. The first-order valence-electron chi connectivity index (χ1n) is 12.9. The number of hydrogen-bond donors (Lipinski definition) is 1. The van der Waals surface area contributed by atoms with Crippen molar-refractivity contribution in [2.24, 2.45) is 11.7 Å². The highest BCUT2D eigenvalue weighted by atomic mass is 16.7. The largest absolute Gasteiger partial charge is 0.513 e. The van der Waals surface area contributed by atoms with Crippen molar-refractivity contribution in [1.82, 2.24) is 0 Å². The molecule has 0 aliphatic carbocycles. The summed E-state index contributed by atoms with van der Waals surface area (Å²) in [6.07, 6.45) is -0.0455. The molecule has 0 radical (unpaired) electrons. The monoisotopic (exact) mass is 539 g/mol. The quantitative estimate of drug-likeness (QED) is 0.187. The number of ether oxygens (including phenoxy) is 6. The summed E-state index contributed by atoms with van der Waals surface area (Å²) in [5.74, 6) is -1.58. The van der Waals surface area contributed by atoms with Crippen molar-refractivity contribution in [2.75, 3.05) is 20.3 Å². The molecule has 0 saturated heterocycles. The summed E-state index contributed by atoms with van der Waals surface area (Å²) in [5.41, 5.74) is 5.37. The lowest BCUT2D eigenvalue weighted by Gasteiger charge is -2.30. The van der Waals surface area contributed by atoms with Crippen LogP contribution in [0.1, 0.15) is 72.3 Å². The lowest BCUT2D eigenvalue weighted by atomic mass is 9.86. The van der Waals surface area contributed by atoms with E-state index in [0.717, 1.165) is 6.42 Å². The third kappa shape index (κ3) is 11.0. The molecule has 0 amide bonds. The van der Waals surface area contributed by atoms with E-state index in [-0.39, 0.29) is 49.4 Å². The number of benzene rings is 1. The first-order chi connectivity index (χ1) is 18.0. The molecule has 0 heterocycles. The van der Waals surface area contributed by atoms with Gasteiger partial charge in [0.15, 0.2) is 11.5 Å². The zero-order valence-electron chi connectivity index (χ0n) is 23.2. The van der Waals surface area contributed by atoms with E-state index in [9.17, 15) is 19.2 Å². The minimum absolute atomic E-state index is 0.0272. The molecule has 0 saturated carbocycles. The fourth-order valence-corrected chi connectivity index (χ4v) is 3.65. The second kappa shape index (κ2) is 16.5. The van der Waals surface area contributed by atoms with Gasteiger partial charge in [0.25, 0.3) is 0 Å². The van der Waals surface area contributed by atoms with Crippen LogP contribution in [0.5, 0.6) is 11.5 Å². The third-order valence-corrected chi connectivity index (χ3v) is 5.45. The third-order valence-electron chi connectivity index (χ3n) is 5.45. The number of methoxy groups -OCH3 is 1. The van der Waals surface area contributed by atoms with Crippen LogP contribution in [-0.2, 0) is 35.0 Å². The average Bonchev–Trinajstić information content (AvgIpc) is 2.87. The second-order valence-corrected chi connectivity index (χ2v) is 9.15. The van der Waals surface area contributed by atoms with Crippen LogP contribution in [0.3, 0.4) is 0 Å². The lowest BCUT2D eigenvalue weighted by molar-refractivity contribution is -0.157. The van der Waals surface area contributed by atoms with Gasteiger partial charge in [-0.05, 0) is 43.9 Å². The fraction of sp³-hybridized carbons (Fsp3) is 0.630. The van der Waals surface area contributed by atoms with Crippen LogP contribution in [0.15, 0.2) is 18.2 Å². The Morgan fingerprint density at radius 3 is 2.00 bits per heavy atom. The smallest absolute Gasteiger partial charge is 0.468 e. The Labute approximate surface area is 224 Å². The molecule has 3 atom stereocenters. The Bertz CT molecular complexity index is 934. The molecule has 11 nitrogen and oxygen atoms in total. The maximum Gasteiger partial charge on any atom is 0.513 e. The molecular formula is C27H41NO10. The van der Waals surface area contributed by atoms with Gasteiger partial charge in [0.05, 0.1) is 26.2 Å². The molecule has 1 aromatic carbocycles. The molecule has 38 heavy (non-hydrogen) atoms. The van der Waals surface area contributed by atoms with E-state index in [0.29, 0.717) is 24.8 Å². The van der Waals surface area contributed by atoms with Crippen molar-refractivity contribution in [1.29, 1.82) is 0 Å². The molecule has 214 valence electrons. The van der Waals surface area contributed by atoms with Gasteiger partial charge in [-0.25, -0.2) is 9.59 Å². The number of nitrogens with two attached hydrogens (primary N) is 1. The van der Waals surface area contributed by atoms with Crippen molar-refractivity contribution in [3.05, 3.63) is 23.8 Å².